The summed E-state index contributed by atoms with van der Waals surface area (Å²) in [7, 11) is -3.35. The van der Waals surface area contributed by atoms with Crippen LogP contribution in [0.25, 0.3) is 0 Å². The molecule has 1 aliphatic rings. The lowest BCUT2D eigenvalue weighted by Gasteiger charge is -2.31. The van der Waals surface area contributed by atoms with E-state index in [1.54, 1.807) is 30.5 Å². The average molecular weight is 396 g/mol. The predicted molar refractivity (Wildman–Crippen MR) is 106 cm³/mol. The molecule has 1 N–H and O–H groups in total. The van der Waals surface area contributed by atoms with Crippen molar-refractivity contribution in [1.29, 1.82) is 0 Å². The van der Waals surface area contributed by atoms with Gasteiger partial charge >= 0.3 is 0 Å². The van der Waals surface area contributed by atoms with Crippen LogP contribution in [0.5, 0.6) is 0 Å². The molecule has 0 bridgehead atoms. The Morgan fingerprint density at radius 3 is 2.64 bits per heavy atom. The van der Waals surface area contributed by atoms with Crippen molar-refractivity contribution in [3.8, 4) is 0 Å². The van der Waals surface area contributed by atoms with Crippen LogP contribution < -0.4 is 10.2 Å². The van der Waals surface area contributed by atoms with Crippen molar-refractivity contribution >= 4 is 21.4 Å². The molecular formula is C21H20N2O4S. The fourth-order valence-electron chi connectivity index (χ4n) is 3.28. The van der Waals surface area contributed by atoms with Crippen LogP contribution in [0.4, 0.5) is 5.69 Å². The number of fused-ring (bicyclic) bond motifs is 1. The zero-order chi connectivity index (χ0) is 19.6. The highest BCUT2D eigenvalue weighted by atomic mass is 32.2. The van der Waals surface area contributed by atoms with Crippen LogP contribution in [0.3, 0.4) is 0 Å². The summed E-state index contributed by atoms with van der Waals surface area (Å²) in [5, 5.41) is 2.79. The maximum absolute atomic E-state index is 12.5. The van der Waals surface area contributed by atoms with Crippen molar-refractivity contribution in [3.05, 3.63) is 83.8 Å². The molecule has 0 saturated carbocycles. The van der Waals surface area contributed by atoms with Gasteiger partial charge in [0.1, 0.15) is 5.76 Å². The van der Waals surface area contributed by atoms with E-state index in [2.05, 4.69) is 5.32 Å². The van der Waals surface area contributed by atoms with Crippen LogP contribution in [-0.2, 0) is 22.9 Å². The molecule has 1 aliphatic heterocycles. The monoisotopic (exact) mass is 396 g/mol. The summed E-state index contributed by atoms with van der Waals surface area (Å²) >= 11 is 0. The number of anilines is 1. The Labute approximate surface area is 163 Å². The number of amides is 1. The van der Waals surface area contributed by atoms with E-state index in [9.17, 15) is 13.2 Å². The van der Waals surface area contributed by atoms with E-state index in [1.165, 1.54) is 6.07 Å². The quantitative estimate of drug-likeness (QED) is 0.717. The molecule has 0 saturated heterocycles. The fourth-order valence-corrected chi connectivity index (χ4v) is 4.74. The summed E-state index contributed by atoms with van der Waals surface area (Å²) in [5.74, 6) is 0.443. The largest absolute Gasteiger partial charge is 0.467 e. The number of sulfone groups is 1. The SMILES string of the molecule is O=C(NCc1ccco1)c1ccc2c(c1)N(Cc1ccccc1)CCS2(=O)=O. The van der Waals surface area contributed by atoms with Gasteiger partial charge in [-0.15, -0.1) is 0 Å². The highest BCUT2D eigenvalue weighted by Crippen LogP contribution is 2.32. The lowest BCUT2D eigenvalue weighted by atomic mass is 10.1. The third-order valence-electron chi connectivity index (χ3n) is 4.75. The highest BCUT2D eigenvalue weighted by Gasteiger charge is 2.29. The summed E-state index contributed by atoms with van der Waals surface area (Å²) < 4.78 is 30.2. The molecule has 28 heavy (non-hydrogen) atoms. The first-order valence-corrected chi connectivity index (χ1v) is 10.6. The zero-order valence-corrected chi connectivity index (χ0v) is 16.0. The molecule has 0 aliphatic carbocycles. The molecule has 1 aromatic heterocycles. The Bertz CT molecular complexity index is 1080. The van der Waals surface area contributed by atoms with Crippen LogP contribution in [0.2, 0.25) is 0 Å². The topological polar surface area (TPSA) is 79.6 Å². The molecule has 2 aromatic carbocycles. The lowest BCUT2D eigenvalue weighted by molar-refractivity contribution is 0.0948. The summed E-state index contributed by atoms with van der Waals surface area (Å²) in [6.45, 7) is 1.25. The Hall–Kier alpha value is -3.06. The second kappa shape index (κ2) is 7.52. The third-order valence-corrected chi connectivity index (χ3v) is 6.48. The first-order chi connectivity index (χ1) is 13.5. The van der Waals surface area contributed by atoms with Crippen molar-refractivity contribution in [2.24, 2.45) is 0 Å². The van der Waals surface area contributed by atoms with Gasteiger partial charge in [-0.1, -0.05) is 30.3 Å². The number of hydrogen-bond acceptors (Lipinski definition) is 5. The second-order valence-electron chi connectivity index (χ2n) is 6.67. The number of nitrogens with zero attached hydrogens (tertiary/aromatic N) is 1. The lowest BCUT2D eigenvalue weighted by Crippen LogP contribution is -2.35. The average Bonchev–Trinajstić information content (AvgIpc) is 3.22. The van der Waals surface area contributed by atoms with E-state index in [-0.39, 0.29) is 23.1 Å². The predicted octanol–water partition coefficient (Wildman–Crippen LogP) is 3.00. The smallest absolute Gasteiger partial charge is 0.251 e. The maximum Gasteiger partial charge on any atom is 0.251 e. The molecule has 2 heterocycles. The number of carbonyl (C=O) groups excluding carboxylic acids is 1. The molecule has 7 heteroatoms. The minimum Gasteiger partial charge on any atom is -0.467 e. The van der Waals surface area contributed by atoms with Crippen LogP contribution in [-0.4, -0.2) is 26.6 Å². The normalized spacial score (nSPS) is 15.1. The van der Waals surface area contributed by atoms with Crippen molar-refractivity contribution in [1.82, 2.24) is 5.32 Å². The van der Waals surface area contributed by atoms with Crippen molar-refractivity contribution in [2.75, 3.05) is 17.2 Å². The number of carbonyl (C=O) groups is 1. The van der Waals surface area contributed by atoms with Gasteiger partial charge in [-0.3, -0.25) is 4.79 Å². The van der Waals surface area contributed by atoms with E-state index < -0.39 is 9.84 Å². The van der Waals surface area contributed by atoms with Gasteiger partial charge < -0.3 is 14.6 Å². The standard InChI is InChI=1S/C21H20N2O4S/c24-21(22-14-18-7-4-11-27-18)17-8-9-20-19(13-17)23(10-12-28(20,25)26)15-16-5-2-1-3-6-16/h1-9,11,13H,10,12,14-15H2,(H,22,24). The van der Waals surface area contributed by atoms with E-state index in [4.69, 9.17) is 4.42 Å². The van der Waals surface area contributed by atoms with Gasteiger partial charge in [0.05, 0.1) is 29.1 Å². The van der Waals surface area contributed by atoms with Crippen molar-refractivity contribution in [2.45, 2.75) is 18.0 Å². The van der Waals surface area contributed by atoms with Gasteiger partial charge in [-0.25, -0.2) is 8.42 Å². The zero-order valence-electron chi connectivity index (χ0n) is 15.2. The molecule has 0 radical (unpaired) electrons. The summed E-state index contributed by atoms with van der Waals surface area (Å²) in [6.07, 6.45) is 1.55. The number of furan rings is 1. The van der Waals surface area contributed by atoms with E-state index in [0.29, 0.717) is 30.1 Å². The van der Waals surface area contributed by atoms with Crippen molar-refractivity contribution in [3.63, 3.8) is 0 Å². The summed E-state index contributed by atoms with van der Waals surface area (Å²) in [6, 6.07) is 18.1. The fraction of sp³-hybridized carbons (Fsp3) is 0.190. The first-order valence-electron chi connectivity index (χ1n) is 8.99. The Morgan fingerprint density at radius 1 is 1.07 bits per heavy atom. The van der Waals surface area contributed by atoms with E-state index in [0.717, 1.165) is 5.56 Å². The van der Waals surface area contributed by atoms with Gasteiger partial charge in [0, 0.05) is 18.7 Å². The molecule has 3 aromatic rings. The number of hydrogen-bond donors (Lipinski definition) is 1. The molecule has 4 rings (SSSR count). The van der Waals surface area contributed by atoms with Gasteiger partial charge in [-0.2, -0.15) is 0 Å². The third kappa shape index (κ3) is 3.80. The Morgan fingerprint density at radius 2 is 1.89 bits per heavy atom. The minimum atomic E-state index is -3.35. The summed E-state index contributed by atoms with van der Waals surface area (Å²) in [4.78, 5) is 14.8. The molecule has 1 amide bonds. The van der Waals surface area contributed by atoms with Crippen LogP contribution >= 0.6 is 0 Å². The number of benzene rings is 2. The van der Waals surface area contributed by atoms with Gasteiger partial charge in [0.2, 0.25) is 0 Å². The van der Waals surface area contributed by atoms with Crippen LogP contribution in [0.1, 0.15) is 21.7 Å². The first kappa shape index (κ1) is 18.3. The minimum absolute atomic E-state index is 0.0663. The molecule has 0 fully saturated rings. The molecular weight excluding hydrogens is 376 g/mol. The van der Waals surface area contributed by atoms with Gasteiger partial charge in [0.15, 0.2) is 9.84 Å². The molecule has 144 valence electrons. The van der Waals surface area contributed by atoms with Crippen molar-refractivity contribution < 1.29 is 17.6 Å². The molecule has 0 unspecified atom stereocenters. The summed E-state index contributed by atoms with van der Waals surface area (Å²) in [5.41, 5.74) is 2.07. The number of rotatable bonds is 5. The van der Waals surface area contributed by atoms with Crippen LogP contribution in [0.15, 0.2) is 76.2 Å². The molecule has 0 spiro atoms. The Balaban J connectivity index is 1.61. The van der Waals surface area contributed by atoms with E-state index in [1.807, 2.05) is 35.2 Å². The highest BCUT2D eigenvalue weighted by molar-refractivity contribution is 7.91. The molecule has 0 atom stereocenters. The maximum atomic E-state index is 12.5. The number of nitrogens with one attached hydrogen (secondary N) is 1. The second-order valence-corrected chi connectivity index (χ2v) is 8.75. The Kier molecular flexibility index (Phi) is 4.92. The molecule has 6 nitrogen and oxygen atoms in total. The van der Waals surface area contributed by atoms with Crippen LogP contribution in [0, 0.1) is 0 Å². The van der Waals surface area contributed by atoms with Gasteiger partial charge in [-0.05, 0) is 35.9 Å². The van der Waals surface area contributed by atoms with E-state index >= 15 is 0 Å². The van der Waals surface area contributed by atoms with Gasteiger partial charge in [0.25, 0.3) is 5.91 Å².